The summed E-state index contributed by atoms with van der Waals surface area (Å²) in [5.74, 6) is -0.0933. The van der Waals surface area contributed by atoms with Crippen LogP contribution >= 0.6 is 21.6 Å². The van der Waals surface area contributed by atoms with Gasteiger partial charge in [0.2, 0.25) is 15.9 Å². The predicted octanol–water partition coefficient (Wildman–Crippen LogP) is 1.59. The summed E-state index contributed by atoms with van der Waals surface area (Å²) in [6, 6.07) is 6.45. The first-order valence-electron chi connectivity index (χ1n) is 7.49. The fourth-order valence-corrected chi connectivity index (χ4v) is 4.73. The molecule has 7 nitrogen and oxygen atoms in total. The number of sulfonamides is 1. The Morgan fingerprint density at radius 2 is 1.76 bits per heavy atom. The lowest BCUT2D eigenvalue weighted by Gasteiger charge is -2.17. The third-order valence-corrected chi connectivity index (χ3v) is 7.31. The molecule has 0 bridgehead atoms. The molecule has 2 N–H and O–H groups in total. The highest BCUT2D eigenvalue weighted by atomic mass is 33.1. The van der Waals surface area contributed by atoms with Gasteiger partial charge in [-0.05, 0) is 19.1 Å². The second kappa shape index (κ2) is 10.7. The molecule has 0 aliphatic rings. The number of carboxylic acid groups (broad SMARTS) is 1. The van der Waals surface area contributed by atoms with Crippen molar-refractivity contribution in [1.82, 2.24) is 9.62 Å². The van der Waals surface area contributed by atoms with Gasteiger partial charge >= 0.3 is 5.97 Å². The van der Waals surface area contributed by atoms with Gasteiger partial charge in [0.25, 0.3) is 0 Å². The first-order valence-corrected chi connectivity index (χ1v) is 11.4. The van der Waals surface area contributed by atoms with E-state index in [1.807, 2.05) is 6.92 Å². The summed E-state index contributed by atoms with van der Waals surface area (Å²) in [7, 11) is 0.567. The SMILES string of the molecule is Cc1ccc(S(=O)(=O)N(C)CC(=O)NCCSSCCC(=O)O)cc1. The van der Waals surface area contributed by atoms with E-state index in [9.17, 15) is 18.0 Å². The van der Waals surface area contributed by atoms with Crippen LogP contribution in [0.15, 0.2) is 29.2 Å². The molecule has 1 amide bonds. The largest absolute Gasteiger partial charge is 0.481 e. The molecular formula is C15H22N2O5S3. The predicted molar refractivity (Wildman–Crippen MR) is 101 cm³/mol. The highest BCUT2D eigenvalue weighted by molar-refractivity contribution is 8.76. The van der Waals surface area contributed by atoms with Crippen molar-refractivity contribution in [2.24, 2.45) is 0 Å². The van der Waals surface area contributed by atoms with Crippen LogP contribution < -0.4 is 5.32 Å². The Morgan fingerprint density at radius 3 is 2.36 bits per heavy atom. The Morgan fingerprint density at radius 1 is 1.16 bits per heavy atom. The van der Waals surface area contributed by atoms with Crippen LogP contribution in [0.1, 0.15) is 12.0 Å². The molecule has 0 fully saturated rings. The molecule has 0 heterocycles. The maximum atomic E-state index is 12.4. The normalized spacial score (nSPS) is 11.5. The van der Waals surface area contributed by atoms with E-state index in [0.29, 0.717) is 18.1 Å². The van der Waals surface area contributed by atoms with Crippen LogP contribution in [-0.4, -0.2) is 61.3 Å². The summed E-state index contributed by atoms with van der Waals surface area (Å²) in [6.45, 7) is 2.00. The number of carbonyl (C=O) groups excluding carboxylic acids is 1. The molecule has 0 aliphatic heterocycles. The van der Waals surface area contributed by atoms with Gasteiger partial charge in [0.1, 0.15) is 0 Å². The van der Waals surface area contributed by atoms with Crippen LogP contribution in [0, 0.1) is 6.92 Å². The number of hydrogen-bond donors (Lipinski definition) is 2. The van der Waals surface area contributed by atoms with Gasteiger partial charge in [0.05, 0.1) is 17.9 Å². The van der Waals surface area contributed by atoms with E-state index in [0.717, 1.165) is 9.87 Å². The number of amides is 1. The average Bonchev–Trinajstić information content (AvgIpc) is 2.54. The van der Waals surface area contributed by atoms with Crippen LogP contribution in [0.25, 0.3) is 0 Å². The molecule has 25 heavy (non-hydrogen) atoms. The number of carboxylic acids is 1. The van der Waals surface area contributed by atoms with Gasteiger partial charge in [0.15, 0.2) is 0 Å². The van der Waals surface area contributed by atoms with Crippen molar-refractivity contribution in [3.8, 4) is 0 Å². The fraction of sp³-hybridized carbons (Fsp3) is 0.467. The quantitative estimate of drug-likeness (QED) is 0.425. The van der Waals surface area contributed by atoms with E-state index in [4.69, 9.17) is 5.11 Å². The Bertz CT molecular complexity index is 677. The maximum Gasteiger partial charge on any atom is 0.304 e. The minimum Gasteiger partial charge on any atom is -0.481 e. The number of rotatable bonds is 11. The van der Waals surface area contributed by atoms with Crippen molar-refractivity contribution < 1.29 is 23.1 Å². The molecule has 0 atom stereocenters. The summed E-state index contributed by atoms with van der Waals surface area (Å²) >= 11 is 0. The van der Waals surface area contributed by atoms with Crippen LogP contribution in [0.2, 0.25) is 0 Å². The van der Waals surface area contributed by atoms with E-state index in [-0.39, 0.29) is 23.8 Å². The van der Waals surface area contributed by atoms with Gasteiger partial charge in [-0.15, -0.1) is 0 Å². The van der Waals surface area contributed by atoms with Crippen molar-refractivity contribution in [3.05, 3.63) is 29.8 Å². The maximum absolute atomic E-state index is 12.4. The molecular weight excluding hydrogens is 384 g/mol. The molecule has 0 spiro atoms. The van der Waals surface area contributed by atoms with Crippen molar-refractivity contribution in [3.63, 3.8) is 0 Å². The monoisotopic (exact) mass is 406 g/mol. The third kappa shape index (κ3) is 8.13. The topological polar surface area (TPSA) is 104 Å². The molecule has 0 radical (unpaired) electrons. The average molecular weight is 407 g/mol. The van der Waals surface area contributed by atoms with Crippen molar-refractivity contribution in [2.75, 3.05) is 31.6 Å². The number of aryl methyl sites for hydroxylation is 1. The molecule has 140 valence electrons. The lowest BCUT2D eigenvalue weighted by Crippen LogP contribution is -2.39. The Hall–Kier alpha value is -1.23. The van der Waals surface area contributed by atoms with Crippen molar-refractivity contribution in [1.29, 1.82) is 0 Å². The number of carbonyl (C=O) groups is 2. The Kier molecular flexibility index (Phi) is 9.33. The van der Waals surface area contributed by atoms with Crippen LogP contribution in [-0.2, 0) is 19.6 Å². The molecule has 0 unspecified atom stereocenters. The van der Waals surface area contributed by atoms with Gasteiger partial charge in [-0.3, -0.25) is 9.59 Å². The minimum absolute atomic E-state index is 0.103. The van der Waals surface area contributed by atoms with E-state index in [1.54, 1.807) is 12.1 Å². The van der Waals surface area contributed by atoms with Gasteiger partial charge in [0, 0.05) is 25.1 Å². The first-order chi connectivity index (χ1) is 11.7. The lowest BCUT2D eigenvalue weighted by atomic mass is 10.2. The summed E-state index contributed by atoms with van der Waals surface area (Å²) in [6.07, 6.45) is 0.103. The van der Waals surface area contributed by atoms with Gasteiger partial charge in [-0.25, -0.2) is 8.42 Å². The van der Waals surface area contributed by atoms with E-state index >= 15 is 0 Å². The molecule has 1 aromatic rings. The second-order valence-corrected chi connectivity index (χ2v) is 9.96. The molecule has 10 heteroatoms. The zero-order valence-corrected chi connectivity index (χ0v) is 16.5. The van der Waals surface area contributed by atoms with Crippen LogP contribution in [0.5, 0.6) is 0 Å². The molecule has 0 saturated heterocycles. The number of likely N-dealkylation sites (N-methyl/N-ethyl adjacent to an activating group) is 1. The summed E-state index contributed by atoms with van der Waals surface area (Å²) in [5, 5.41) is 11.2. The lowest BCUT2D eigenvalue weighted by molar-refractivity contribution is -0.136. The molecule has 1 aromatic carbocycles. The summed E-state index contributed by atoms with van der Waals surface area (Å²) < 4.78 is 25.8. The highest BCUT2D eigenvalue weighted by Crippen LogP contribution is 2.21. The van der Waals surface area contributed by atoms with Crippen LogP contribution in [0.4, 0.5) is 0 Å². The number of aliphatic carboxylic acids is 1. The fourth-order valence-electron chi connectivity index (χ4n) is 1.71. The molecule has 0 aliphatic carbocycles. The molecule has 0 saturated carbocycles. The van der Waals surface area contributed by atoms with Crippen molar-refractivity contribution >= 4 is 43.5 Å². The first kappa shape index (κ1) is 21.8. The molecule has 1 rings (SSSR count). The zero-order valence-electron chi connectivity index (χ0n) is 14.1. The van der Waals surface area contributed by atoms with E-state index < -0.39 is 16.0 Å². The number of nitrogens with one attached hydrogen (secondary N) is 1. The Balaban J connectivity index is 2.33. The number of hydrogen-bond acceptors (Lipinski definition) is 6. The second-order valence-electron chi connectivity index (χ2n) is 5.21. The highest BCUT2D eigenvalue weighted by Gasteiger charge is 2.22. The molecule has 0 aromatic heterocycles. The van der Waals surface area contributed by atoms with Gasteiger partial charge in [-0.2, -0.15) is 4.31 Å². The zero-order chi connectivity index (χ0) is 18.9. The third-order valence-electron chi connectivity index (χ3n) is 3.09. The Labute approximate surface area is 156 Å². The van der Waals surface area contributed by atoms with E-state index in [2.05, 4.69) is 5.32 Å². The van der Waals surface area contributed by atoms with Crippen molar-refractivity contribution in [2.45, 2.75) is 18.2 Å². The van der Waals surface area contributed by atoms with Gasteiger partial charge in [-0.1, -0.05) is 39.3 Å². The standard InChI is InChI=1S/C15H22N2O5S3/c1-12-3-5-13(6-4-12)25(21,22)17(2)11-14(18)16-8-10-24-23-9-7-15(19)20/h3-6H,7-11H2,1-2H3,(H,16,18)(H,19,20). The van der Waals surface area contributed by atoms with Gasteiger partial charge < -0.3 is 10.4 Å². The summed E-state index contributed by atoms with van der Waals surface area (Å²) in [5.41, 5.74) is 0.957. The smallest absolute Gasteiger partial charge is 0.304 e. The number of benzene rings is 1. The van der Waals surface area contributed by atoms with E-state index in [1.165, 1.54) is 40.8 Å². The summed E-state index contributed by atoms with van der Waals surface area (Å²) in [4.78, 5) is 22.4. The number of nitrogens with zero attached hydrogens (tertiary/aromatic N) is 1. The minimum atomic E-state index is -3.69. The van der Waals surface area contributed by atoms with Crippen LogP contribution in [0.3, 0.4) is 0 Å².